The van der Waals surface area contributed by atoms with Crippen LogP contribution in [0.5, 0.6) is 5.75 Å². The number of nitrogens with zero attached hydrogens (tertiary/aromatic N) is 3. The summed E-state index contributed by atoms with van der Waals surface area (Å²) in [6.45, 7) is 2.25. The van der Waals surface area contributed by atoms with Crippen molar-refractivity contribution in [1.82, 2.24) is 15.0 Å². The first kappa shape index (κ1) is 25.7. The number of para-hydroxylation sites is 2. The molecule has 7 aromatic rings. The van der Waals surface area contributed by atoms with E-state index in [1.165, 1.54) is 0 Å². The zero-order valence-corrected chi connectivity index (χ0v) is 24.5. The van der Waals surface area contributed by atoms with Gasteiger partial charge in [0.1, 0.15) is 23.0 Å². The molecule has 0 bridgehead atoms. The molecule has 0 amide bonds. The number of furan rings is 1. The van der Waals surface area contributed by atoms with Crippen LogP contribution >= 0.6 is 0 Å². The number of ether oxygens (including phenoxy) is 1. The minimum Gasteiger partial charge on any atom is -0.484 e. The third-order valence-electron chi connectivity index (χ3n) is 9.14. The van der Waals surface area contributed by atoms with Crippen molar-refractivity contribution >= 4 is 33.1 Å². The van der Waals surface area contributed by atoms with E-state index in [4.69, 9.17) is 24.1 Å². The largest absolute Gasteiger partial charge is 0.484 e. The van der Waals surface area contributed by atoms with Crippen LogP contribution in [0.1, 0.15) is 23.9 Å². The van der Waals surface area contributed by atoms with Crippen LogP contribution in [-0.2, 0) is 5.41 Å². The maximum Gasteiger partial charge on any atom is 0.164 e. The Labute approximate surface area is 260 Å². The molecule has 1 aliphatic heterocycles. The van der Waals surface area contributed by atoms with Gasteiger partial charge in [0.05, 0.1) is 5.41 Å². The fraction of sp³-hybridized carbons (Fsp3) is 0.0750. The smallest absolute Gasteiger partial charge is 0.164 e. The monoisotopic (exact) mass is 581 g/mol. The number of hydrogen-bond acceptors (Lipinski definition) is 5. The van der Waals surface area contributed by atoms with Gasteiger partial charge in [0.15, 0.2) is 17.5 Å². The van der Waals surface area contributed by atoms with Gasteiger partial charge in [-0.05, 0) is 30.7 Å². The van der Waals surface area contributed by atoms with Crippen LogP contribution in [0.2, 0.25) is 0 Å². The summed E-state index contributed by atoms with van der Waals surface area (Å²) < 4.78 is 13.2. The molecule has 1 aliphatic carbocycles. The van der Waals surface area contributed by atoms with E-state index in [-0.39, 0.29) is 6.10 Å². The Kier molecular flexibility index (Phi) is 5.62. The molecule has 0 saturated heterocycles. The lowest BCUT2D eigenvalue weighted by atomic mass is 9.66. The number of hydrogen-bond donors (Lipinski definition) is 0. The van der Waals surface area contributed by atoms with E-state index in [9.17, 15) is 0 Å². The average molecular weight is 582 g/mol. The summed E-state index contributed by atoms with van der Waals surface area (Å²) in [6.07, 6.45) is 4.04. The minimum absolute atomic E-state index is 0.314. The fourth-order valence-corrected chi connectivity index (χ4v) is 6.96. The van der Waals surface area contributed by atoms with Crippen LogP contribution in [0.3, 0.4) is 0 Å². The van der Waals surface area contributed by atoms with E-state index in [0.717, 1.165) is 61.1 Å². The molecule has 9 rings (SSSR count). The summed E-state index contributed by atoms with van der Waals surface area (Å²) in [7, 11) is 0. The van der Waals surface area contributed by atoms with Gasteiger partial charge in [-0.25, -0.2) is 15.0 Å². The topological polar surface area (TPSA) is 61.0 Å². The van der Waals surface area contributed by atoms with Crippen molar-refractivity contribution in [3.63, 3.8) is 0 Å². The zero-order valence-electron chi connectivity index (χ0n) is 24.5. The molecule has 0 saturated carbocycles. The van der Waals surface area contributed by atoms with Gasteiger partial charge in [-0.1, -0.05) is 121 Å². The summed E-state index contributed by atoms with van der Waals surface area (Å²) in [6, 6.07) is 43.0. The Morgan fingerprint density at radius 1 is 0.578 bits per heavy atom. The fourth-order valence-electron chi connectivity index (χ4n) is 6.96. The van der Waals surface area contributed by atoms with E-state index in [2.05, 4.69) is 61.5 Å². The van der Waals surface area contributed by atoms with Gasteiger partial charge < -0.3 is 9.15 Å². The molecule has 45 heavy (non-hydrogen) atoms. The molecular formula is C40H27N3O2. The molecule has 0 N–H and O–H groups in total. The molecule has 214 valence electrons. The van der Waals surface area contributed by atoms with Gasteiger partial charge in [0.25, 0.3) is 0 Å². The Bertz CT molecular complexity index is 2260. The first-order valence-electron chi connectivity index (χ1n) is 15.1. The molecule has 5 aromatic carbocycles. The van der Waals surface area contributed by atoms with Crippen LogP contribution in [-0.4, -0.2) is 21.1 Å². The summed E-state index contributed by atoms with van der Waals surface area (Å²) in [5.41, 5.74) is 7.32. The van der Waals surface area contributed by atoms with E-state index in [1.54, 1.807) is 0 Å². The molecule has 0 spiro atoms. The Hall–Kier alpha value is -5.81. The predicted molar refractivity (Wildman–Crippen MR) is 179 cm³/mol. The Morgan fingerprint density at radius 2 is 1.20 bits per heavy atom. The summed E-state index contributed by atoms with van der Waals surface area (Å²) in [4.78, 5) is 15.2. The lowest BCUT2D eigenvalue weighted by Gasteiger charge is -2.37. The normalized spacial score (nSPS) is 18.6. The maximum absolute atomic E-state index is 6.89. The van der Waals surface area contributed by atoms with Crippen molar-refractivity contribution in [1.29, 1.82) is 0 Å². The van der Waals surface area contributed by atoms with Crippen LogP contribution in [0.4, 0.5) is 0 Å². The molecule has 2 atom stereocenters. The molecule has 5 heteroatoms. The zero-order chi connectivity index (χ0) is 30.0. The van der Waals surface area contributed by atoms with Crippen molar-refractivity contribution in [2.75, 3.05) is 0 Å². The second kappa shape index (κ2) is 9.86. The predicted octanol–water partition coefficient (Wildman–Crippen LogP) is 9.30. The van der Waals surface area contributed by atoms with Crippen molar-refractivity contribution in [3.05, 3.63) is 156 Å². The highest BCUT2D eigenvalue weighted by Gasteiger charge is 2.52. The molecule has 5 nitrogen and oxygen atoms in total. The van der Waals surface area contributed by atoms with E-state index < -0.39 is 5.41 Å². The number of fused-ring (bicyclic) bond motifs is 6. The van der Waals surface area contributed by atoms with Crippen LogP contribution < -0.4 is 4.74 Å². The van der Waals surface area contributed by atoms with Crippen LogP contribution in [0.15, 0.2) is 144 Å². The first-order chi connectivity index (χ1) is 22.2. The SMILES string of the molecule is CC12C(c3nc(-c4ccccc4)nc(-c4ccccc4)n3)=CC=C(c3cccc4oc5ccccc5c34)C1Oc1ccccc12. The standard InChI is InChI=1S/C40H27N3O2/c1-40-30-19-9-11-21-33(30)45-36(40)28(27-18-12-22-34-35(27)29-17-8-10-20-32(29)44-34)23-24-31(40)39-42-37(25-13-4-2-5-14-25)41-38(43-39)26-15-6-3-7-16-26/h2-24,36H,1H3. The van der Waals surface area contributed by atoms with Gasteiger partial charge in [0.2, 0.25) is 0 Å². The number of rotatable bonds is 4. The number of allylic oxidation sites excluding steroid dienone is 2. The maximum atomic E-state index is 6.89. The average Bonchev–Trinajstić information content (AvgIpc) is 3.64. The summed E-state index contributed by atoms with van der Waals surface area (Å²) >= 11 is 0. The molecule has 2 aromatic heterocycles. The Balaban J connectivity index is 1.30. The molecule has 0 fully saturated rings. The van der Waals surface area contributed by atoms with Crippen LogP contribution in [0.25, 0.3) is 55.9 Å². The van der Waals surface area contributed by atoms with E-state index in [1.807, 2.05) is 84.9 Å². The van der Waals surface area contributed by atoms with E-state index in [0.29, 0.717) is 17.5 Å². The van der Waals surface area contributed by atoms with Gasteiger partial charge in [-0.15, -0.1) is 0 Å². The molecule has 3 heterocycles. The number of benzene rings is 5. The molecular weight excluding hydrogens is 554 g/mol. The third kappa shape index (κ3) is 3.90. The lowest BCUT2D eigenvalue weighted by molar-refractivity contribution is 0.242. The highest BCUT2D eigenvalue weighted by atomic mass is 16.5. The van der Waals surface area contributed by atoms with Gasteiger partial charge in [-0.3, -0.25) is 0 Å². The van der Waals surface area contributed by atoms with Crippen molar-refractivity contribution < 1.29 is 9.15 Å². The quantitative estimate of drug-likeness (QED) is 0.207. The van der Waals surface area contributed by atoms with Crippen molar-refractivity contribution in [2.45, 2.75) is 18.4 Å². The highest BCUT2D eigenvalue weighted by Crippen LogP contribution is 2.56. The Morgan fingerprint density at radius 3 is 1.96 bits per heavy atom. The molecule has 0 radical (unpaired) electrons. The van der Waals surface area contributed by atoms with E-state index >= 15 is 0 Å². The lowest BCUT2D eigenvalue weighted by Crippen LogP contribution is -2.39. The highest BCUT2D eigenvalue weighted by molar-refractivity contribution is 6.11. The van der Waals surface area contributed by atoms with Crippen molar-refractivity contribution in [2.24, 2.45) is 0 Å². The van der Waals surface area contributed by atoms with Crippen LogP contribution in [0, 0.1) is 0 Å². The van der Waals surface area contributed by atoms with Gasteiger partial charge in [0, 0.05) is 38.6 Å². The summed E-state index contributed by atoms with van der Waals surface area (Å²) in [5.74, 6) is 2.78. The second-order valence-electron chi connectivity index (χ2n) is 11.7. The van der Waals surface area contributed by atoms with Gasteiger partial charge in [-0.2, -0.15) is 0 Å². The second-order valence-corrected chi connectivity index (χ2v) is 11.7. The first-order valence-corrected chi connectivity index (χ1v) is 15.1. The van der Waals surface area contributed by atoms with Gasteiger partial charge >= 0.3 is 0 Å². The minimum atomic E-state index is -0.578. The van der Waals surface area contributed by atoms with Crippen molar-refractivity contribution in [3.8, 4) is 28.5 Å². The summed E-state index contributed by atoms with van der Waals surface area (Å²) in [5, 5.41) is 2.18. The molecule has 2 aliphatic rings. The molecule has 2 unspecified atom stereocenters. The number of aromatic nitrogens is 3. The third-order valence-corrected chi connectivity index (χ3v) is 9.14.